The fraction of sp³-hybridized carbons (Fsp3) is 0.150. The molecule has 4 aromatic rings. The van der Waals surface area contributed by atoms with Gasteiger partial charge in [-0.1, -0.05) is 12.1 Å². The molecule has 0 amide bonds. The second kappa shape index (κ2) is 6.85. The van der Waals surface area contributed by atoms with Gasteiger partial charge in [0.05, 0.1) is 11.8 Å². The largest absolute Gasteiger partial charge is 0.345 e. The number of sulfonamides is 1. The molecule has 2 N–H and O–H groups in total. The Morgan fingerprint density at radius 1 is 1.17 bits per heavy atom. The summed E-state index contributed by atoms with van der Waals surface area (Å²) in [6.07, 6.45) is 4.41. The number of H-pyrrole nitrogens is 1. The SMILES string of the molecule is Cc1cc(C(=O)c2c[nH]c3ncc(-c4cccc(NS(C)(=O)=O)c4)cc23)nn1C. The van der Waals surface area contributed by atoms with Crippen LogP contribution in [0.15, 0.2) is 48.8 Å². The Hall–Kier alpha value is -3.46. The van der Waals surface area contributed by atoms with Crippen LogP contribution in [-0.4, -0.2) is 40.2 Å². The highest BCUT2D eigenvalue weighted by Crippen LogP contribution is 2.27. The van der Waals surface area contributed by atoms with Gasteiger partial charge in [-0.25, -0.2) is 13.4 Å². The number of fused-ring (bicyclic) bond motifs is 1. The number of aromatic nitrogens is 4. The number of anilines is 1. The predicted molar refractivity (Wildman–Crippen MR) is 111 cm³/mol. The van der Waals surface area contributed by atoms with Crippen molar-refractivity contribution in [1.82, 2.24) is 19.7 Å². The van der Waals surface area contributed by atoms with Crippen LogP contribution in [0.1, 0.15) is 21.7 Å². The summed E-state index contributed by atoms with van der Waals surface area (Å²) in [5.41, 5.74) is 4.34. The first-order valence-corrected chi connectivity index (χ1v) is 10.7. The number of nitrogens with zero attached hydrogens (tertiary/aromatic N) is 3. The summed E-state index contributed by atoms with van der Waals surface area (Å²) in [5.74, 6) is -0.189. The average Bonchev–Trinajstić information content (AvgIpc) is 3.23. The Labute approximate surface area is 167 Å². The van der Waals surface area contributed by atoms with Gasteiger partial charge in [-0.15, -0.1) is 0 Å². The van der Waals surface area contributed by atoms with Crippen LogP contribution < -0.4 is 4.72 Å². The topological polar surface area (TPSA) is 110 Å². The maximum absolute atomic E-state index is 12.9. The molecule has 4 rings (SSSR count). The molecule has 3 heterocycles. The van der Waals surface area contributed by atoms with Crippen LogP contribution in [0.3, 0.4) is 0 Å². The molecule has 3 aromatic heterocycles. The van der Waals surface area contributed by atoms with Crippen molar-refractivity contribution in [2.75, 3.05) is 11.0 Å². The van der Waals surface area contributed by atoms with Crippen molar-refractivity contribution >= 4 is 32.5 Å². The van der Waals surface area contributed by atoms with Crippen LogP contribution in [0, 0.1) is 6.92 Å². The number of aromatic amines is 1. The Morgan fingerprint density at radius 2 is 1.97 bits per heavy atom. The number of carbonyl (C=O) groups excluding carboxylic acids is 1. The third-order valence-corrected chi connectivity index (χ3v) is 5.23. The zero-order chi connectivity index (χ0) is 20.8. The molecule has 0 aliphatic rings. The van der Waals surface area contributed by atoms with Crippen LogP contribution in [0.25, 0.3) is 22.2 Å². The van der Waals surface area contributed by atoms with Crippen LogP contribution in [-0.2, 0) is 17.1 Å². The van der Waals surface area contributed by atoms with Gasteiger partial charge in [0.1, 0.15) is 11.3 Å². The summed E-state index contributed by atoms with van der Waals surface area (Å²) in [4.78, 5) is 20.4. The summed E-state index contributed by atoms with van der Waals surface area (Å²) >= 11 is 0. The van der Waals surface area contributed by atoms with Crippen LogP contribution in [0.5, 0.6) is 0 Å². The second-order valence-corrected chi connectivity index (χ2v) is 8.65. The fourth-order valence-corrected chi connectivity index (χ4v) is 3.69. The van der Waals surface area contributed by atoms with Gasteiger partial charge in [0, 0.05) is 41.8 Å². The van der Waals surface area contributed by atoms with Gasteiger partial charge in [-0.05, 0) is 36.8 Å². The zero-order valence-electron chi connectivity index (χ0n) is 16.1. The van der Waals surface area contributed by atoms with E-state index in [0.29, 0.717) is 28.0 Å². The van der Waals surface area contributed by atoms with E-state index in [-0.39, 0.29) is 5.78 Å². The number of hydrogen-bond donors (Lipinski definition) is 2. The Morgan fingerprint density at radius 3 is 2.66 bits per heavy atom. The average molecular weight is 409 g/mol. The number of rotatable bonds is 5. The molecule has 0 saturated heterocycles. The fourth-order valence-electron chi connectivity index (χ4n) is 3.13. The molecule has 29 heavy (non-hydrogen) atoms. The molecule has 0 aliphatic carbocycles. The summed E-state index contributed by atoms with van der Waals surface area (Å²) in [6.45, 7) is 1.89. The number of carbonyl (C=O) groups is 1. The minimum absolute atomic E-state index is 0.189. The van der Waals surface area contributed by atoms with Gasteiger partial charge in [-0.2, -0.15) is 5.10 Å². The monoisotopic (exact) mass is 409 g/mol. The summed E-state index contributed by atoms with van der Waals surface area (Å²) < 4.78 is 27.1. The van der Waals surface area contributed by atoms with E-state index in [4.69, 9.17) is 0 Å². The highest BCUT2D eigenvalue weighted by atomic mass is 32.2. The summed E-state index contributed by atoms with van der Waals surface area (Å²) in [7, 11) is -1.59. The van der Waals surface area contributed by atoms with E-state index in [1.165, 1.54) is 0 Å². The van der Waals surface area contributed by atoms with Crippen molar-refractivity contribution in [3.05, 3.63) is 65.7 Å². The molecule has 9 heteroatoms. The van der Waals surface area contributed by atoms with Crippen molar-refractivity contribution in [3.8, 4) is 11.1 Å². The molecule has 0 bridgehead atoms. The molecule has 0 atom stereocenters. The maximum Gasteiger partial charge on any atom is 0.229 e. The summed E-state index contributed by atoms with van der Waals surface area (Å²) in [6, 6.07) is 10.6. The van der Waals surface area contributed by atoms with Crippen LogP contribution in [0.4, 0.5) is 5.69 Å². The molecular weight excluding hydrogens is 390 g/mol. The lowest BCUT2D eigenvalue weighted by molar-refractivity contribution is 0.103. The van der Waals surface area contributed by atoms with Gasteiger partial charge in [0.25, 0.3) is 0 Å². The quantitative estimate of drug-likeness (QED) is 0.493. The standard InChI is InChI=1S/C20H19N5O3S/c1-12-7-18(23-25(12)2)19(26)17-11-22-20-16(17)9-14(10-21-20)13-5-4-6-15(8-13)24-29(3,27)28/h4-11,24H,1-3H3,(H,21,22). The van der Waals surface area contributed by atoms with E-state index in [1.807, 2.05) is 19.1 Å². The summed E-state index contributed by atoms with van der Waals surface area (Å²) in [5, 5.41) is 4.94. The first kappa shape index (κ1) is 18.9. The number of hydrogen-bond acceptors (Lipinski definition) is 5. The molecule has 0 saturated carbocycles. The van der Waals surface area contributed by atoms with Crippen molar-refractivity contribution in [2.24, 2.45) is 7.05 Å². The van der Waals surface area contributed by atoms with Gasteiger partial charge in [-0.3, -0.25) is 14.2 Å². The third-order valence-electron chi connectivity index (χ3n) is 4.62. The molecular formula is C20H19N5O3S. The lowest BCUT2D eigenvalue weighted by atomic mass is 10.0. The number of benzene rings is 1. The van der Waals surface area contributed by atoms with Gasteiger partial charge in [0.15, 0.2) is 0 Å². The number of pyridine rings is 1. The minimum atomic E-state index is -3.38. The van der Waals surface area contributed by atoms with E-state index in [0.717, 1.165) is 23.1 Å². The smallest absolute Gasteiger partial charge is 0.229 e. The highest BCUT2D eigenvalue weighted by molar-refractivity contribution is 7.92. The third kappa shape index (κ3) is 3.77. The Bertz CT molecular complexity index is 1330. The number of aryl methyl sites for hydroxylation is 2. The molecule has 0 spiro atoms. The van der Waals surface area contributed by atoms with E-state index >= 15 is 0 Å². The molecule has 0 unspecified atom stereocenters. The van der Waals surface area contributed by atoms with E-state index < -0.39 is 10.0 Å². The zero-order valence-corrected chi connectivity index (χ0v) is 16.9. The molecule has 8 nitrogen and oxygen atoms in total. The predicted octanol–water partition coefficient (Wildman–Crippen LogP) is 2.87. The first-order chi connectivity index (χ1) is 13.7. The highest BCUT2D eigenvalue weighted by Gasteiger charge is 2.18. The van der Waals surface area contributed by atoms with Crippen molar-refractivity contribution in [2.45, 2.75) is 6.92 Å². The molecule has 1 aromatic carbocycles. The molecule has 148 valence electrons. The molecule has 0 aliphatic heterocycles. The maximum atomic E-state index is 12.9. The van der Waals surface area contributed by atoms with Crippen molar-refractivity contribution < 1.29 is 13.2 Å². The first-order valence-electron chi connectivity index (χ1n) is 8.82. The minimum Gasteiger partial charge on any atom is -0.345 e. The van der Waals surface area contributed by atoms with Crippen molar-refractivity contribution in [1.29, 1.82) is 0 Å². The van der Waals surface area contributed by atoms with Crippen molar-refractivity contribution in [3.63, 3.8) is 0 Å². The number of ketones is 1. The normalized spacial score (nSPS) is 11.7. The van der Waals surface area contributed by atoms with E-state index in [9.17, 15) is 13.2 Å². The second-order valence-electron chi connectivity index (χ2n) is 6.90. The van der Waals surface area contributed by atoms with Gasteiger partial charge < -0.3 is 4.98 Å². The Kier molecular flexibility index (Phi) is 4.46. The molecule has 0 radical (unpaired) electrons. The van der Waals surface area contributed by atoms with Crippen LogP contribution in [0.2, 0.25) is 0 Å². The van der Waals surface area contributed by atoms with Crippen LogP contribution >= 0.6 is 0 Å². The Balaban J connectivity index is 1.76. The lowest BCUT2D eigenvalue weighted by Crippen LogP contribution is -2.09. The molecule has 0 fully saturated rings. The van der Waals surface area contributed by atoms with E-state index in [2.05, 4.69) is 19.8 Å². The van der Waals surface area contributed by atoms with Gasteiger partial charge >= 0.3 is 0 Å². The van der Waals surface area contributed by atoms with Gasteiger partial charge in [0.2, 0.25) is 15.8 Å². The number of nitrogens with one attached hydrogen (secondary N) is 2. The lowest BCUT2D eigenvalue weighted by Gasteiger charge is -2.07. The van der Waals surface area contributed by atoms with E-state index in [1.54, 1.807) is 48.4 Å².